The van der Waals surface area contributed by atoms with E-state index in [2.05, 4.69) is 21.1 Å². The molecule has 9 nitrogen and oxygen atoms in total. The summed E-state index contributed by atoms with van der Waals surface area (Å²) in [5.74, 6) is 0.858. The number of nitrogens with one attached hydrogen (secondary N) is 1. The molecule has 2 aromatic heterocycles. The molecule has 4 heterocycles. The predicted molar refractivity (Wildman–Crippen MR) is 118 cm³/mol. The summed E-state index contributed by atoms with van der Waals surface area (Å²) in [7, 11) is 1.53. The van der Waals surface area contributed by atoms with Crippen LogP contribution in [0.2, 0.25) is 0 Å². The van der Waals surface area contributed by atoms with Crippen molar-refractivity contribution in [2.45, 2.75) is 19.1 Å². The number of aromatic amines is 1. The van der Waals surface area contributed by atoms with Gasteiger partial charge in [0.15, 0.2) is 0 Å². The van der Waals surface area contributed by atoms with Gasteiger partial charge in [-0.05, 0) is 18.6 Å². The maximum absolute atomic E-state index is 13.0. The minimum Gasteiger partial charge on any atom is -0.487 e. The van der Waals surface area contributed by atoms with E-state index in [1.165, 1.54) is 7.11 Å². The third kappa shape index (κ3) is 2.84. The summed E-state index contributed by atoms with van der Waals surface area (Å²) in [6.45, 7) is 2.92. The molecule has 9 heteroatoms. The van der Waals surface area contributed by atoms with Gasteiger partial charge in [0.2, 0.25) is 5.88 Å². The number of hydrogen-bond acceptors (Lipinski definition) is 7. The summed E-state index contributed by atoms with van der Waals surface area (Å²) in [5.41, 5.74) is 3.41. The lowest BCUT2D eigenvalue weighted by molar-refractivity contribution is 0.199. The van der Waals surface area contributed by atoms with Crippen LogP contribution in [0.4, 0.5) is 0 Å². The van der Waals surface area contributed by atoms with E-state index >= 15 is 0 Å². The second-order valence-corrected chi connectivity index (χ2v) is 8.16. The molecule has 0 amide bonds. The van der Waals surface area contributed by atoms with Gasteiger partial charge in [-0.25, -0.2) is 9.97 Å². The number of hydrogen-bond donors (Lipinski definition) is 1. The third-order valence-corrected chi connectivity index (χ3v) is 6.23. The summed E-state index contributed by atoms with van der Waals surface area (Å²) < 4.78 is 13.6. The van der Waals surface area contributed by atoms with Gasteiger partial charge in [0.05, 0.1) is 41.7 Å². The predicted octanol–water partition coefficient (Wildman–Crippen LogP) is 2.29. The summed E-state index contributed by atoms with van der Waals surface area (Å²) >= 11 is 0. The maximum Gasteiger partial charge on any atom is 0.274 e. The first-order chi connectivity index (χ1) is 15.6. The van der Waals surface area contributed by atoms with Crippen LogP contribution in [0.25, 0.3) is 33.2 Å². The highest BCUT2D eigenvalue weighted by atomic mass is 16.5. The first-order valence-corrected chi connectivity index (χ1v) is 10.6. The zero-order valence-electron chi connectivity index (χ0n) is 17.5. The molecular formula is C23H20N6O3. The Morgan fingerprint density at radius 3 is 3.00 bits per heavy atom. The van der Waals surface area contributed by atoms with Crippen molar-refractivity contribution in [3.63, 3.8) is 0 Å². The zero-order valence-corrected chi connectivity index (χ0v) is 17.5. The minimum atomic E-state index is -0.0595. The summed E-state index contributed by atoms with van der Waals surface area (Å²) in [4.78, 5) is 24.8. The van der Waals surface area contributed by atoms with Crippen molar-refractivity contribution in [1.82, 2.24) is 24.6 Å². The number of ether oxygens (including phenoxy) is 2. The molecule has 1 N–H and O–H groups in total. The maximum atomic E-state index is 13.0. The minimum absolute atomic E-state index is 0.0266. The number of para-hydroxylation sites is 1. The van der Waals surface area contributed by atoms with Gasteiger partial charge in [-0.2, -0.15) is 5.26 Å². The molecule has 6 bridgehead atoms. The molecule has 1 saturated heterocycles. The molecule has 1 unspecified atom stereocenters. The van der Waals surface area contributed by atoms with Gasteiger partial charge in [-0.3, -0.25) is 19.5 Å². The van der Waals surface area contributed by atoms with Gasteiger partial charge in [0, 0.05) is 31.3 Å². The van der Waals surface area contributed by atoms with Crippen molar-refractivity contribution >= 4 is 21.9 Å². The Morgan fingerprint density at radius 2 is 2.16 bits per heavy atom. The van der Waals surface area contributed by atoms with Crippen molar-refractivity contribution < 1.29 is 9.47 Å². The van der Waals surface area contributed by atoms with Crippen LogP contribution < -0.4 is 15.0 Å². The number of aromatic nitrogens is 4. The number of nitriles is 1. The van der Waals surface area contributed by atoms with E-state index in [-0.39, 0.29) is 11.7 Å². The SMILES string of the molecule is COc1nc2cc(C#N)cc3c2nc1-c1cccc2c(=O)n([nH]c12)CCN1CC[C@@H](C1)O3. The molecule has 0 spiro atoms. The van der Waals surface area contributed by atoms with E-state index in [9.17, 15) is 10.1 Å². The second kappa shape index (κ2) is 7.07. The van der Waals surface area contributed by atoms with Crippen LogP contribution in [0.5, 0.6) is 11.6 Å². The average Bonchev–Trinajstić information content (AvgIpc) is 3.40. The average molecular weight is 428 g/mol. The molecule has 1 fully saturated rings. The van der Waals surface area contributed by atoms with Gasteiger partial charge < -0.3 is 9.47 Å². The molecule has 2 aliphatic heterocycles. The number of methoxy groups -OCH3 is 1. The van der Waals surface area contributed by atoms with Crippen molar-refractivity contribution in [1.29, 1.82) is 5.26 Å². The van der Waals surface area contributed by atoms with Crippen molar-refractivity contribution in [2.75, 3.05) is 26.7 Å². The monoisotopic (exact) mass is 428 g/mol. The molecule has 32 heavy (non-hydrogen) atoms. The topological polar surface area (TPSA) is 109 Å². The van der Waals surface area contributed by atoms with E-state index in [1.807, 2.05) is 18.2 Å². The number of nitrogens with zero attached hydrogens (tertiary/aromatic N) is 5. The summed E-state index contributed by atoms with van der Waals surface area (Å²) in [6.07, 6.45) is 0.833. The number of benzene rings is 2. The van der Waals surface area contributed by atoms with Gasteiger partial charge in [-0.1, -0.05) is 12.1 Å². The first-order valence-electron chi connectivity index (χ1n) is 10.6. The van der Waals surface area contributed by atoms with Gasteiger partial charge >= 0.3 is 0 Å². The summed E-state index contributed by atoms with van der Waals surface area (Å²) in [5, 5.41) is 13.4. The first kappa shape index (κ1) is 18.8. The van der Waals surface area contributed by atoms with Gasteiger partial charge in [0.1, 0.15) is 23.1 Å². The van der Waals surface area contributed by atoms with Gasteiger partial charge in [-0.15, -0.1) is 0 Å². The third-order valence-electron chi connectivity index (χ3n) is 6.23. The van der Waals surface area contributed by atoms with Crippen LogP contribution in [0.1, 0.15) is 12.0 Å². The van der Waals surface area contributed by atoms with Crippen molar-refractivity contribution in [3.8, 4) is 29.0 Å². The Morgan fingerprint density at radius 1 is 1.25 bits per heavy atom. The smallest absolute Gasteiger partial charge is 0.274 e. The van der Waals surface area contributed by atoms with Crippen molar-refractivity contribution in [3.05, 3.63) is 46.2 Å². The highest BCUT2D eigenvalue weighted by Gasteiger charge is 2.27. The Hall–Kier alpha value is -3.90. The fraction of sp³-hybridized carbons (Fsp3) is 0.304. The van der Waals surface area contributed by atoms with E-state index in [1.54, 1.807) is 16.8 Å². The lowest BCUT2D eigenvalue weighted by Gasteiger charge is -2.18. The van der Waals surface area contributed by atoms with E-state index < -0.39 is 0 Å². The summed E-state index contributed by atoms with van der Waals surface area (Å²) in [6, 6.07) is 11.1. The Balaban J connectivity index is 1.69. The Kier molecular flexibility index (Phi) is 4.16. The largest absolute Gasteiger partial charge is 0.487 e. The van der Waals surface area contributed by atoms with Crippen molar-refractivity contribution in [2.24, 2.45) is 0 Å². The molecule has 2 atom stereocenters. The molecular weight excluding hydrogens is 408 g/mol. The van der Waals surface area contributed by atoms with Crippen LogP contribution in [0.3, 0.4) is 0 Å². The normalized spacial score (nSPS) is 19.8. The Labute approximate surface area is 182 Å². The van der Waals surface area contributed by atoms with Crippen LogP contribution in [0.15, 0.2) is 35.1 Å². The molecule has 0 radical (unpaired) electrons. The quantitative estimate of drug-likeness (QED) is 0.495. The molecule has 160 valence electrons. The standard InChI is InChI=1S/C23H20N6O3/c1-31-22-20-15-3-2-4-16-19(15)27-29(23(16)30)8-7-28-6-5-14(12-28)32-18-10-13(11-24)9-17(25-22)21(18)26-20/h2-4,9-10,14,27H,5-8,12H2,1H3/t14-/m0/s1. The lowest BCUT2D eigenvalue weighted by Crippen LogP contribution is -2.30. The fourth-order valence-electron chi connectivity index (χ4n) is 4.64. The van der Waals surface area contributed by atoms with Crippen LogP contribution in [-0.2, 0) is 6.54 Å². The zero-order chi connectivity index (χ0) is 21.8. The van der Waals surface area contributed by atoms with E-state index in [0.717, 1.165) is 31.6 Å². The molecule has 0 saturated carbocycles. The number of rotatable bonds is 1. The molecule has 2 aromatic carbocycles. The molecule has 0 aliphatic carbocycles. The number of fused-ring (bicyclic) bond motifs is 5. The highest BCUT2D eigenvalue weighted by Crippen LogP contribution is 2.36. The van der Waals surface area contributed by atoms with E-state index in [4.69, 9.17) is 14.5 Å². The van der Waals surface area contributed by atoms with Crippen LogP contribution in [0, 0.1) is 11.3 Å². The van der Waals surface area contributed by atoms with E-state index in [0.29, 0.717) is 51.4 Å². The molecule has 2 aliphatic rings. The fourth-order valence-corrected chi connectivity index (χ4v) is 4.64. The van der Waals surface area contributed by atoms with Gasteiger partial charge in [0.25, 0.3) is 5.56 Å². The van der Waals surface area contributed by atoms with Crippen LogP contribution >= 0.6 is 0 Å². The molecule has 4 aromatic rings. The lowest BCUT2D eigenvalue weighted by atomic mass is 10.1. The highest BCUT2D eigenvalue weighted by molar-refractivity contribution is 5.95. The second-order valence-electron chi connectivity index (χ2n) is 8.16. The number of H-pyrrole nitrogens is 1. The Bertz CT molecular complexity index is 1480. The molecule has 6 rings (SSSR count). The van der Waals surface area contributed by atoms with Crippen LogP contribution in [-0.4, -0.2) is 57.5 Å².